The van der Waals surface area contributed by atoms with Crippen LogP contribution in [0.15, 0.2) is 18.3 Å². The Balaban J connectivity index is 1.83. The lowest BCUT2D eigenvalue weighted by molar-refractivity contribution is -0.385. The van der Waals surface area contributed by atoms with Crippen molar-refractivity contribution in [2.24, 2.45) is 5.92 Å². The van der Waals surface area contributed by atoms with E-state index in [0.717, 1.165) is 0 Å². The second kappa shape index (κ2) is 6.37. The lowest BCUT2D eigenvalue weighted by Gasteiger charge is -2.25. The van der Waals surface area contributed by atoms with Crippen LogP contribution in [0.1, 0.15) is 20.3 Å². The third kappa shape index (κ3) is 3.82. The number of nitro benzene ring substituents is 1. The van der Waals surface area contributed by atoms with Gasteiger partial charge < -0.3 is 14.6 Å². The largest absolute Gasteiger partial charge is 0.486 e. The summed E-state index contributed by atoms with van der Waals surface area (Å²) in [4.78, 5) is 10.9. The van der Waals surface area contributed by atoms with Gasteiger partial charge in [-0.1, -0.05) is 0 Å². The van der Waals surface area contributed by atoms with Gasteiger partial charge in [0.05, 0.1) is 35.9 Å². The molecule has 130 valence electrons. The number of benzene rings is 1. The Labute approximate surface area is 139 Å². The van der Waals surface area contributed by atoms with Crippen molar-refractivity contribution >= 4 is 16.6 Å². The third-order valence-electron chi connectivity index (χ3n) is 3.96. The Morgan fingerprint density at radius 2 is 2.25 bits per heavy atom. The van der Waals surface area contributed by atoms with Gasteiger partial charge in [0.25, 0.3) is 0 Å². The first kappa shape index (κ1) is 16.7. The lowest BCUT2D eigenvalue weighted by Crippen LogP contribution is -2.32. The summed E-state index contributed by atoms with van der Waals surface area (Å²) in [6.45, 7) is 5.64. The SMILES string of the molecule is CC(C)(O)CCn1cc2cc([N+](=O)[O-])c(OCC3COC3)cc2n1. The first-order chi connectivity index (χ1) is 11.3. The van der Waals surface area contributed by atoms with Crippen molar-refractivity contribution in [2.75, 3.05) is 19.8 Å². The molecule has 1 N–H and O–H groups in total. The van der Waals surface area contributed by atoms with Crippen LogP contribution in [0.3, 0.4) is 0 Å². The van der Waals surface area contributed by atoms with Crippen molar-refractivity contribution in [3.05, 3.63) is 28.4 Å². The topological polar surface area (TPSA) is 99.7 Å². The van der Waals surface area contributed by atoms with Gasteiger partial charge in [0.15, 0.2) is 5.75 Å². The summed E-state index contributed by atoms with van der Waals surface area (Å²) in [5, 5.41) is 26.2. The van der Waals surface area contributed by atoms with E-state index in [1.54, 1.807) is 30.8 Å². The van der Waals surface area contributed by atoms with Crippen molar-refractivity contribution in [3.8, 4) is 5.75 Å². The molecule has 0 bridgehead atoms. The second-order valence-corrected chi connectivity index (χ2v) is 6.80. The minimum Gasteiger partial charge on any atom is -0.486 e. The number of nitrogens with zero attached hydrogens (tertiary/aromatic N) is 3. The molecule has 1 saturated heterocycles. The quantitative estimate of drug-likeness (QED) is 0.614. The highest BCUT2D eigenvalue weighted by atomic mass is 16.6. The van der Waals surface area contributed by atoms with Crippen molar-refractivity contribution in [1.82, 2.24) is 9.78 Å². The summed E-state index contributed by atoms with van der Waals surface area (Å²) in [5.41, 5.74) is -0.218. The van der Waals surface area contributed by atoms with Crippen LogP contribution >= 0.6 is 0 Å². The molecule has 0 radical (unpaired) electrons. The number of ether oxygens (including phenoxy) is 2. The van der Waals surface area contributed by atoms with Crippen LogP contribution in [-0.2, 0) is 11.3 Å². The van der Waals surface area contributed by atoms with Crippen LogP contribution in [0.25, 0.3) is 10.9 Å². The number of fused-ring (bicyclic) bond motifs is 1. The number of rotatable bonds is 7. The number of hydrogen-bond donors (Lipinski definition) is 1. The molecule has 1 aromatic heterocycles. The molecule has 8 heteroatoms. The Kier molecular flexibility index (Phi) is 4.42. The predicted octanol–water partition coefficient (Wildman–Crippen LogP) is 2.13. The fourth-order valence-electron chi connectivity index (χ4n) is 2.44. The van der Waals surface area contributed by atoms with Crippen molar-refractivity contribution in [2.45, 2.75) is 32.4 Å². The summed E-state index contributed by atoms with van der Waals surface area (Å²) in [5.74, 6) is 0.511. The normalized spacial score (nSPS) is 15.5. The van der Waals surface area contributed by atoms with Gasteiger partial charge in [-0.05, 0) is 20.3 Å². The summed E-state index contributed by atoms with van der Waals surface area (Å²) in [6, 6.07) is 3.09. The highest BCUT2D eigenvalue weighted by Crippen LogP contribution is 2.32. The maximum absolute atomic E-state index is 11.3. The zero-order valence-electron chi connectivity index (χ0n) is 13.8. The molecule has 0 saturated carbocycles. The van der Waals surface area contributed by atoms with E-state index in [0.29, 0.717) is 43.7 Å². The average Bonchev–Trinajstić information content (AvgIpc) is 2.83. The van der Waals surface area contributed by atoms with Crippen LogP contribution in [0, 0.1) is 16.0 Å². The Morgan fingerprint density at radius 3 is 2.83 bits per heavy atom. The standard InChI is InChI=1S/C16H21N3O5/c1-16(2,20)3-4-18-7-12-5-14(19(21)22)15(6-13(12)17-18)24-10-11-8-23-9-11/h5-7,11,20H,3-4,8-10H2,1-2H3. The maximum atomic E-state index is 11.3. The number of aromatic nitrogens is 2. The minimum atomic E-state index is -0.788. The molecular formula is C16H21N3O5. The number of aryl methyl sites for hydroxylation is 1. The zero-order valence-corrected chi connectivity index (χ0v) is 13.8. The molecular weight excluding hydrogens is 314 g/mol. The highest BCUT2D eigenvalue weighted by Gasteiger charge is 2.23. The third-order valence-corrected chi connectivity index (χ3v) is 3.96. The van der Waals surface area contributed by atoms with Gasteiger partial charge in [0.2, 0.25) is 0 Å². The van der Waals surface area contributed by atoms with E-state index in [2.05, 4.69) is 5.10 Å². The first-order valence-corrected chi connectivity index (χ1v) is 7.90. The molecule has 24 heavy (non-hydrogen) atoms. The van der Waals surface area contributed by atoms with Gasteiger partial charge in [-0.2, -0.15) is 5.10 Å². The molecule has 0 unspecified atom stereocenters. The molecule has 8 nitrogen and oxygen atoms in total. The molecule has 0 aliphatic carbocycles. The molecule has 0 spiro atoms. The van der Waals surface area contributed by atoms with Crippen molar-refractivity contribution in [3.63, 3.8) is 0 Å². The zero-order chi connectivity index (χ0) is 17.3. The van der Waals surface area contributed by atoms with E-state index in [-0.39, 0.29) is 17.4 Å². The van der Waals surface area contributed by atoms with Crippen LogP contribution < -0.4 is 4.74 Å². The molecule has 1 fully saturated rings. The van der Waals surface area contributed by atoms with Gasteiger partial charge in [-0.25, -0.2) is 0 Å². The Bertz CT molecular complexity index is 746. The van der Waals surface area contributed by atoms with Gasteiger partial charge in [-0.15, -0.1) is 0 Å². The van der Waals surface area contributed by atoms with Crippen LogP contribution in [0.5, 0.6) is 5.75 Å². The molecule has 2 heterocycles. The van der Waals surface area contributed by atoms with Crippen molar-refractivity contribution in [1.29, 1.82) is 0 Å². The van der Waals surface area contributed by atoms with Crippen molar-refractivity contribution < 1.29 is 19.5 Å². The molecule has 0 atom stereocenters. The van der Waals surface area contributed by atoms with Gasteiger partial charge in [0, 0.05) is 36.2 Å². The van der Waals surface area contributed by atoms with E-state index in [1.165, 1.54) is 6.07 Å². The summed E-state index contributed by atoms with van der Waals surface area (Å²) >= 11 is 0. The van der Waals surface area contributed by atoms with E-state index in [1.807, 2.05) is 0 Å². The molecule has 1 aliphatic rings. The smallest absolute Gasteiger partial charge is 0.311 e. The fraction of sp³-hybridized carbons (Fsp3) is 0.562. The van der Waals surface area contributed by atoms with Crippen LogP contribution in [0.2, 0.25) is 0 Å². The minimum absolute atomic E-state index is 0.0650. The maximum Gasteiger partial charge on any atom is 0.311 e. The molecule has 3 rings (SSSR count). The van der Waals surface area contributed by atoms with Gasteiger partial charge >= 0.3 is 5.69 Å². The fourth-order valence-corrected chi connectivity index (χ4v) is 2.44. The number of nitro groups is 1. The highest BCUT2D eigenvalue weighted by molar-refractivity contribution is 5.83. The first-order valence-electron chi connectivity index (χ1n) is 7.90. The van der Waals surface area contributed by atoms with Crippen LogP contribution in [-0.4, -0.2) is 45.2 Å². The molecule has 0 amide bonds. The Morgan fingerprint density at radius 1 is 1.50 bits per heavy atom. The summed E-state index contributed by atoms with van der Waals surface area (Å²) < 4.78 is 12.4. The van der Waals surface area contributed by atoms with Crippen LogP contribution in [0.4, 0.5) is 5.69 Å². The number of hydrogen-bond acceptors (Lipinski definition) is 6. The van der Waals surface area contributed by atoms with E-state index in [9.17, 15) is 15.2 Å². The summed E-state index contributed by atoms with van der Waals surface area (Å²) in [7, 11) is 0. The second-order valence-electron chi connectivity index (χ2n) is 6.80. The average molecular weight is 335 g/mol. The lowest BCUT2D eigenvalue weighted by atomic mass is 10.1. The monoisotopic (exact) mass is 335 g/mol. The van der Waals surface area contributed by atoms with E-state index in [4.69, 9.17) is 9.47 Å². The molecule has 2 aromatic rings. The molecule has 1 aromatic carbocycles. The predicted molar refractivity (Wildman–Crippen MR) is 87.1 cm³/mol. The molecule has 1 aliphatic heterocycles. The van der Waals surface area contributed by atoms with E-state index >= 15 is 0 Å². The van der Waals surface area contributed by atoms with Gasteiger partial charge in [0.1, 0.15) is 0 Å². The summed E-state index contributed by atoms with van der Waals surface area (Å²) in [6.07, 6.45) is 2.28. The van der Waals surface area contributed by atoms with Gasteiger partial charge in [-0.3, -0.25) is 14.8 Å². The Hall–Kier alpha value is -2.19. The van der Waals surface area contributed by atoms with E-state index < -0.39 is 10.5 Å². The number of aliphatic hydroxyl groups is 1.